The summed E-state index contributed by atoms with van der Waals surface area (Å²) in [6, 6.07) is 14.7. The van der Waals surface area contributed by atoms with Gasteiger partial charge in [-0.25, -0.2) is 4.79 Å². The molecule has 3 rings (SSSR count). The van der Waals surface area contributed by atoms with Gasteiger partial charge in [-0.05, 0) is 24.1 Å². The molecule has 1 aliphatic rings. The normalized spacial score (nSPS) is 13.6. The van der Waals surface area contributed by atoms with E-state index in [9.17, 15) is 9.59 Å². The smallest absolute Gasteiger partial charge is 0.319 e. The minimum absolute atomic E-state index is 0.0969. The van der Waals surface area contributed by atoms with Crippen molar-refractivity contribution >= 4 is 23.3 Å². The van der Waals surface area contributed by atoms with Gasteiger partial charge in [-0.3, -0.25) is 4.79 Å². The van der Waals surface area contributed by atoms with Crippen LogP contribution in [0.4, 0.5) is 16.2 Å². The molecule has 3 amide bonds. The topological polar surface area (TPSA) is 70.7 Å². The van der Waals surface area contributed by atoms with E-state index < -0.39 is 0 Å². The van der Waals surface area contributed by atoms with E-state index in [2.05, 4.69) is 10.6 Å². The van der Waals surface area contributed by atoms with Crippen molar-refractivity contribution in [2.45, 2.75) is 19.4 Å². The van der Waals surface area contributed by atoms with E-state index in [0.717, 1.165) is 17.7 Å². The van der Waals surface area contributed by atoms with Gasteiger partial charge < -0.3 is 20.3 Å². The van der Waals surface area contributed by atoms with Gasteiger partial charge in [0.25, 0.3) is 0 Å². The van der Waals surface area contributed by atoms with Crippen molar-refractivity contribution in [3.63, 3.8) is 0 Å². The zero-order valence-corrected chi connectivity index (χ0v) is 14.1. The van der Waals surface area contributed by atoms with Crippen LogP contribution >= 0.6 is 0 Å². The molecule has 1 aliphatic heterocycles. The molecule has 0 saturated carbocycles. The predicted molar refractivity (Wildman–Crippen MR) is 96.9 cm³/mol. The number of rotatable bonds is 5. The maximum atomic E-state index is 12.1. The fourth-order valence-corrected chi connectivity index (χ4v) is 2.83. The summed E-state index contributed by atoms with van der Waals surface area (Å²) in [7, 11) is 1.55. The molecule has 1 fully saturated rings. The molecule has 0 atom stereocenters. The Morgan fingerprint density at radius 3 is 2.68 bits per heavy atom. The van der Waals surface area contributed by atoms with E-state index in [1.54, 1.807) is 30.2 Å². The molecule has 1 heterocycles. The maximum absolute atomic E-state index is 12.1. The highest BCUT2D eigenvalue weighted by molar-refractivity contribution is 5.97. The van der Waals surface area contributed by atoms with Gasteiger partial charge in [-0.1, -0.05) is 30.3 Å². The first-order valence-electron chi connectivity index (χ1n) is 8.24. The lowest BCUT2D eigenvalue weighted by molar-refractivity contribution is -0.117. The summed E-state index contributed by atoms with van der Waals surface area (Å²) >= 11 is 0. The summed E-state index contributed by atoms with van der Waals surface area (Å²) in [5, 5.41) is 5.59. The largest absolute Gasteiger partial charge is 0.494 e. The van der Waals surface area contributed by atoms with Crippen molar-refractivity contribution in [1.29, 1.82) is 0 Å². The molecule has 0 unspecified atom stereocenters. The number of methoxy groups -OCH3 is 1. The zero-order chi connectivity index (χ0) is 17.6. The van der Waals surface area contributed by atoms with Crippen molar-refractivity contribution in [2.75, 3.05) is 23.9 Å². The lowest BCUT2D eigenvalue weighted by atomic mass is 10.2. The molecule has 0 bridgehead atoms. The number of amides is 3. The minimum atomic E-state index is -0.295. The molecular weight excluding hydrogens is 318 g/mol. The van der Waals surface area contributed by atoms with Crippen LogP contribution in [0.5, 0.6) is 5.75 Å². The van der Waals surface area contributed by atoms with Crippen molar-refractivity contribution in [3.8, 4) is 5.75 Å². The number of carbonyl (C=O) groups excluding carboxylic acids is 2. The van der Waals surface area contributed by atoms with Crippen LogP contribution in [0.25, 0.3) is 0 Å². The zero-order valence-electron chi connectivity index (χ0n) is 14.1. The molecule has 0 radical (unpaired) electrons. The van der Waals surface area contributed by atoms with Crippen molar-refractivity contribution < 1.29 is 14.3 Å². The molecule has 6 nitrogen and oxygen atoms in total. The predicted octanol–water partition coefficient (Wildman–Crippen LogP) is 3.14. The Kier molecular flexibility index (Phi) is 5.18. The van der Waals surface area contributed by atoms with E-state index >= 15 is 0 Å². The first kappa shape index (κ1) is 16.8. The quantitative estimate of drug-likeness (QED) is 0.879. The van der Waals surface area contributed by atoms with E-state index in [1.807, 2.05) is 30.3 Å². The van der Waals surface area contributed by atoms with Crippen LogP contribution in [0.2, 0.25) is 0 Å². The molecule has 2 aromatic rings. The number of benzene rings is 2. The first-order valence-corrected chi connectivity index (χ1v) is 8.24. The van der Waals surface area contributed by atoms with Gasteiger partial charge >= 0.3 is 6.03 Å². The third kappa shape index (κ3) is 4.09. The highest BCUT2D eigenvalue weighted by atomic mass is 16.5. The van der Waals surface area contributed by atoms with Gasteiger partial charge in [0.1, 0.15) is 5.75 Å². The number of hydrogen-bond donors (Lipinski definition) is 2. The van der Waals surface area contributed by atoms with Crippen LogP contribution in [0, 0.1) is 0 Å². The van der Waals surface area contributed by atoms with Gasteiger partial charge in [-0.15, -0.1) is 0 Å². The van der Waals surface area contributed by atoms with Crippen molar-refractivity contribution in [3.05, 3.63) is 54.1 Å². The molecule has 130 valence electrons. The van der Waals surface area contributed by atoms with Gasteiger partial charge in [0, 0.05) is 31.3 Å². The lowest BCUT2D eigenvalue weighted by Gasteiger charge is -2.19. The van der Waals surface area contributed by atoms with Crippen molar-refractivity contribution in [2.24, 2.45) is 0 Å². The Balaban J connectivity index is 1.64. The van der Waals surface area contributed by atoms with Gasteiger partial charge in [0.15, 0.2) is 0 Å². The molecule has 2 N–H and O–H groups in total. The fourth-order valence-electron chi connectivity index (χ4n) is 2.83. The van der Waals surface area contributed by atoms with Crippen LogP contribution in [-0.4, -0.2) is 25.6 Å². The third-order valence-electron chi connectivity index (χ3n) is 4.10. The molecule has 1 saturated heterocycles. The number of carbonyl (C=O) groups is 2. The van der Waals surface area contributed by atoms with Gasteiger partial charge in [0.2, 0.25) is 5.91 Å². The molecule has 25 heavy (non-hydrogen) atoms. The Bertz CT molecular complexity index is 762. The lowest BCUT2D eigenvalue weighted by Crippen LogP contribution is -2.28. The van der Waals surface area contributed by atoms with Gasteiger partial charge in [-0.2, -0.15) is 0 Å². The van der Waals surface area contributed by atoms with E-state index in [-0.39, 0.29) is 11.9 Å². The maximum Gasteiger partial charge on any atom is 0.319 e. The second-order valence-corrected chi connectivity index (χ2v) is 5.83. The Labute approximate surface area is 146 Å². The Morgan fingerprint density at radius 2 is 2.00 bits per heavy atom. The monoisotopic (exact) mass is 339 g/mol. The second kappa shape index (κ2) is 7.70. The van der Waals surface area contributed by atoms with Crippen LogP contribution in [0.1, 0.15) is 18.4 Å². The van der Waals surface area contributed by atoms with Crippen LogP contribution in [-0.2, 0) is 11.3 Å². The number of ether oxygens (including phenoxy) is 1. The highest BCUT2D eigenvalue weighted by Crippen LogP contribution is 2.33. The summed E-state index contributed by atoms with van der Waals surface area (Å²) in [4.78, 5) is 25.7. The fraction of sp³-hybridized carbons (Fsp3) is 0.263. The number of nitrogens with zero attached hydrogens (tertiary/aromatic N) is 1. The Hall–Kier alpha value is -3.02. The number of urea groups is 1. The number of nitrogens with one attached hydrogen (secondary N) is 2. The molecule has 2 aromatic carbocycles. The van der Waals surface area contributed by atoms with Crippen LogP contribution in [0.15, 0.2) is 48.5 Å². The SMILES string of the molecule is COc1cc(NC(=O)NCc2ccccc2)ccc1N1CCCC1=O. The molecule has 0 aromatic heterocycles. The molecular formula is C19H21N3O3. The number of anilines is 2. The summed E-state index contributed by atoms with van der Waals surface area (Å²) in [6.07, 6.45) is 1.41. The third-order valence-corrected chi connectivity index (χ3v) is 4.10. The van der Waals surface area contributed by atoms with E-state index in [4.69, 9.17) is 4.74 Å². The molecule has 0 aliphatic carbocycles. The Morgan fingerprint density at radius 1 is 1.20 bits per heavy atom. The average molecular weight is 339 g/mol. The minimum Gasteiger partial charge on any atom is -0.494 e. The summed E-state index contributed by atoms with van der Waals surface area (Å²) in [5.74, 6) is 0.663. The van der Waals surface area contributed by atoms with Crippen LogP contribution in [0.3, 0.4) is 0 Å². The second-order valence-electron chi connectivity index (χ2n) is 5.83. The standard InChI is InChI=1S/C19H21N3O3/c1-25-17-12-15(9-10-16(17)22-11-5-8-18(22)23)21-19(24)20-13-14-6-3-2-4-7-14/h2-4,6-7,9-10,12H,5,8,11,13H2,1H3,(H2,20,21,24). The summed E-state index contributed by atoms with van der Waals surface area (Å²) in [5.41, 5.74) is 2.37. The van der Waals surface area contributed by atoms with Crippen LogP contribution < -0.4 is 20.3 Å². The summed E-state index contributed by atoms with van der Waals surface area (Å²) in [6.45, 7) is 1.14. The summed E-state index contributed by atoms with van der Waals surface area (Å²) < 4.78 is 5.39. The van der Waals surface area contributed by atoms with E-state index in [1.165, 1.54) is 0 Å². The molecule has 6 heteroatoms. The van der Waals surface area contributed by atoms with Gasteiger partial charge in [0.05, 0.1) is 12.8 Å². The highest BCUT2D eigenvalue weighted by Gasteiger charge is 2.24. The molecule has 0 spiro atoms. The van der Waals surface area contributed by atoms with E-state index in [0.29, 0.717) is 30.9 Å². The first-order chi connectivity index (χ1) is 12.2. The van der Waals surface area contributed by atoms with Crippen molar-refractivity contribution in [1.82, 2.24) is 5.32 Å². The average Bonchev–Trinajstić information content (AvgIpc) is 3.06. The number of hydrogen-bond acceptors (Lipinski definition) is 3.